The Hall–Kier alpha value is -1.82. The van der Waals surface area contributed by atoms with Gasteiger partial charge in [0, 0.05) is 38.3 Å². The Balaban J connectivity index is 2.04. The zero-order valence-corrected chi connectivity index (χ0v) is 12.6. The molecule has 0 aliphatic rings. The summed E-state index contributed by atoms with van der Waals surface area (Å²) >= 11 is 0. The lowest BCUT2D eigenvalue weighted by molar-refractivity contribution is 0.163. The molecule has 2 aromatic heterocycles. The van der Waals surface area contributed by atoms with Crippen LogP contribution in [-0.4, -0.2) is 38.9 Å². The zero-order valence-electron chi connectivity index (χ0n) is 12.6. The van der Waals surface area contributed by atoms with Gasteiger partial charge in [0.05, 0.1) is 24.7 Å². The first-order valence-corrected chi connectivity index (χ1v) is 6.87. The van der Waals surface area contributed by atoms with Crippen LogP contribution in [0.25, 0.3) is 0 Å². The minimum atomic E-state index is 0.254. The summed E-state index contributed by atoms with van der Waals surface area (Å²) in [5.41, 5.74) is 1.00. The average Bonchev–Trinajstić information content (AvgIpc) is 2.99. The number of anilines is 1. The van der Waals surface area contributed by atoms with Crippen LogP contribution in [0, 0.1) is 6.92 Å². The van der Waals surface area contributed by atoms with E-state index in [1.165, 1.54) is 0 Å². The highest BCUT2D eigenvalue weighted by Gasteiger charge is 2.13. The number of ether oxygens (including phenoxy) is 1. The van der Waals surface area contributed by atoms with Gasteiger partial charge in [0.25, 0.3) is 0 Å². The van der Waals surface area contributed by atoms with Crippen molar-refractivity contribution >= 4 is 5.95 Å². The van der Waals surface area contributed by atoms with E-state index in [0.29, 0.717) is 6.61 Å². The van der Waals surface area contributed by atoms with Crippen LogP contribution < -0.4 is 5.32 Å². The number of hydrogen-bond donors (Lipinski definition) is 1. The van der Waals surface area contributed by atoms with Gasteiger partial charge in [-0.1, -0.05) is 0 Å². The molecule has 0 radical (unpaired) electrons. The highest BCUT2D eigenvalue weighted by atomic mass is 16.5. The minimum Gasteiger partial charge on any atom is -0.383 e. The van der Waals surface area contributed by atoms with E-state index in [9.17, 15) is 0 Å². The summed E-state index contributed by atoms with van der Waals surface area (Å²) in [7, 11) is 1.72. The molecular weight excluding hydrogens is 254 g/mol. The molecule has 110 valence electrons. The maximum atomic E-state index is 5.22. The Morgan fingerprint density at radius 1 is 1.40 bits per heavy atom. The highest BCUT2D eigenvalue weighted by molar-refractivity contribution is 5.30. The molecule has 0 spiro atoms. The van der Waals surface area contributed by atoms with Crippen molar-refractivity contribution in [2.75, 3.05) is 19.0 Å². The molecular formula is C14H23N5O. The third kappa shape index (κ3) is 3.60. The maximum Gasteiger partial charge on any atom is 0.203 e. The van der Waals surface area contributed by atoms with Crippen LogP contribution in [0.5, 0.6) is 0 Å². The summed E-state index contributed by atoms with van der Waals surface area (Å²) in [6.07, 6.45) is 7.63. The molecule has 2 heterocycles. The number of aromatic nitrogens is 4. The normalized spacial score (nSPS) is 14.2. The Bertz CT molecular complexity index is 520. The Morgan fingerprint density at radius 2 is 2.20 bits per heavy atom. The number of aryl methyl sites for hydroxylation is 1. The van der Waals surface area contributed by atoms with E-state index >= 15 is 0 Å². The first-order valence-electron chi connectivity index (χ1n) is 6.87. The van der Waals surface area contributed by atoms with Crippen molar-refractivity contribution in [3.05, 3.63) is 30.6 Å². The summed E-state index contributed by atoms with van der Waals surface area (Å²) < 4.78 is 9.40. The number of rotatable bonds is 7. The van der Waals surface area contributed by atoms with Crippen molar-refractivity contribution in [3.63, 3.8) is 0 Å². The van der Waals surface area contributed by atoms with Gasteiger partial charge in [-0.3, -0.25) is 0 Å². The second kappa shape index (κ2) is 6.56. The van der Waals surface area contributed by atoms with Gasteiger partial charge in [-0.2, -0.15) is 0 Å². The van der Waals surface area contributed by atoms with Gasteiger partial charge in [0.15, 0.2) is 0 Å². The van der Waals surface area contributed by atoms with Crippen molar-refractivity contribution in [2.24, 2.45) is 0 Å². The van der Waals surface area contributed by atoms with Gasteiger partial charge < -0.3 is 19.2 Å². The first-order chi connectivity index (χ1) is 9.60. The van der Waals surface area contributed by atoms with Crippen LogP contribution in [0.4, 0.5) is 5.95 Å². The number of nitrogens with one attached hydrogen (secondary N) is 1. The Labute approximate surface area is 119 Å². The third-order valence-corrected chi connectivity index (χ3v) is 3.15. The van der Waals surface area contributed by atoms with Crippen LogP contribution in [0.1, 0.15) is 25.6 Å². The van der Waals surface area contributed by atoms with Crippen LogP contribution in [0.15, 0.2) is 24.9 Å². The van der Waals surface area contributed by atoms with Crippen molar-refractivity contribution in [2.45, 2.75) is 39.4 Å². The maximum absolute atomic E-state index is 5.22. The minimum absolute atomic E-state index is 0.254. The predicted octanol–water partition coefficient (Wildman–Crippen LogP) is 2.10. The monoisotopic (exact) mass is 277 g/mol. The molecule has 2 rings (SSSR count). The molecule has 1 N–H and O–H groups in total. The van der Waals surface area contributed by atoms with Gasteiger partial charge in [0.1, 0.15) is 0 Å². The lowest BCUT2D eigenvalue weighted by Crippen LogP contribution is -2.24. The van der Waals surface area contributed by atoms with Gasteiger partial charge in [-0.25, -0.2) is 9.97 Å². The third-order valence-electron chi connectivity index (χ3n) is 3.15. The van der Waals surface area contributed by atoms with E-state index in [4.69, 9.17) is 4.74 Å². The van der Waals surface area contributed by atoms with Gasteiger partial charge in [-0.15, -0.1) is 0 Å². The molecule has 0 aliphatic heterocycles. The lowest BCUT2D eigenvalue weighted by Gasteiger charge is -2.19. The summed E-state index contributed by atoms with van der Waals surface area (Å²) in [5.74, 6) is 0.889. The fraction of sp³-hybridized carbons (Fsp3) is 0.571. The van der Waals surface area contributed by atoms with Crippen molar-refractivity contribution in [1.29, 1.82) is 0 Å². The molecule has 6 heteroatoms. The zero-order chi connectivity index (χ0) is 14.5. The van der Waals surface area contributed by atoms with Gasteiger partial charge in [0.2, 0.25) is 5.95 Å². The number of imidazole rings is 2. The second-order valence-electron chi connectivity index (χ2n) is 5.22. The van der Waals surface area contributed by atoms with Crippen LogP contribution in [0.3, 0.4) is 0 Å². The molecule has 2 aromatic rings. The van der Waals surface area contributed by atoms with Crippen molar-refractivity contribution in [1.82, 2.24) is 19.1 Å². The number of hydrogen-bond acceptors (Lipinski definition) is 4. The van der Waals surface area contributed by atoms with E-state index in [2.05, 4.69) is 44.5 Å². The van der Waals surface area contributed by atoms with E-state index < -0.39 is 0 Å². The van der Waals surface area contributed by atoms with Crippen LogP contribution >= 0.6 is 0 Å². The van der Waals surface area contributed by atoms with E-state index in [1.807, 2.05) is 19.4 Å². The van der Waals surface area contributed by atoms with E-state index in [-0.39, 0.29) is 12.1 Å². The van der Waals surface area contributed by atoms with Crippen molar-refractivity contribution < 1.29 is 4.74 Å². The molecule has 6 nitrogen and oxygen atoms in total. The van der Waals surface area contributed by atoms with Gasteiger partial charge >= 0.3 is 0 Å². The molecule has 0 fully saturated rings. The Morgan fingerprint density at radius 3 is 2.85 bits per heavy atom. The molecule has 0 aliphatic carbocycles. The first kappa shape index (κ1) is 14.6. The molecule has 0 amide bonds. The average molecular weight is 277 g/mol. The van der Waals surface area contributed by atoms with Gasteiger partial charge in [-0.05, 0) is 20.8 Å². The van der Waals surface area contributed by atoms with Crippen molar-refractivity contribution in [3.8, 4) is 0 Å². The SMILES string of the molecule is COCC(C)n1cc(C)nc1NC(C)Cn1ccnc1. The number of methoxy groups -OCH3 is 1. The smallest absolute Gasteiger partial charge is 0.203 e. The molecule has 0 saturated heterocycles. The largest absolute Gasteiger partial charge is 0.383 e. The molecule has 0 aromatic carbocycles. The fourth-order valence-corrected chi connectivity index (χ4v) is 2.26. The lowest BCUT2D eigenvalue weighted by atomic mass is 10.3. The molecule has 2 unspecified atom stereocenters. The van der Waals surface area contributed by atoms with E-state index in [0.717, 1.165) is 18.2 Å². The quantitative estimate of drug-likeness (QED) is 0.842. The van der Waals surface area contributed by atoms with E-state index in [1.54, 1.807) is 13.3 Å². The summed E-state index contributed by atoms with van der Waals surface area (Å²) in [6.45, 7) is 7.78. The molecule has 2 atom stereocenters. The van der Waals surface area contributed by atoms with Crippen LogP contribution in [0.2, 0.25) is 0 Å². The predicted molar refractivity (Wildman–Crippen MR) is 78.9 cm³/mol. The summed E-state index contributed by atoms with van der Waals surface area (Å²) in [4.78, 5) is 8.61. The molecule has 0 bridgehead atoms. The molecule has 20 heavy (non-hydrogen) atoms. The van der Waals surface area contributed by atoms with Crippen LogP contribution in [-0.2, 0) is 11.3 Å². The summed E-state index contributed by atoms with van der Waals surface area (Å²) in [6, 6.07) is 0.517. The standard InChI is InChI=1S/C14H23N5O/c1-11(7-18-6-5-15-10-18)16-14-17-12(2)8-19(14)13(3)9-20-4/h5-6,8,10-11,13H,7,9H2,1-4H3,(H,16,17). The number of nitrogens with zero attached hydrogens (tertiary/aromatic N) is 4. The topological polar surface area (TPSA) is 56.9 Å². The summed E-state index contributed by atoms with van der Waals surface area (Å²) in [5, 5.41) is 3.46. The molecule has 0 saturated carbocycles. The Kier molecular flexibility index (Phi) is 4.79. The second-order valence-corrected chi connectivity index (χ2v) is 5.22. The fourth-order valence-electron chi connectivity index (χ4n) is 2.26. The highest BCUT2D eigenvalue weighted by Crippen LogP contribution is 2.17.